The topological polar surface area (TPSA) is 110 Å². The molecule has 2 aromatic carbocycles. The minimum atomic E-state index is -0.911. The summed E-state index contributed by atoms with van der Waals surface area (Å²) in [4.78, 5) is 43.1. The van der Waals surface area contributed by atoms with Crippen molar-refractivity contribution < 1.29 is 28.6 Å². The van der Waals surface area contributed by atoms with Gasteiger partial charge >= 0.3 is 5.97 Å². The molecule has 1 saturated carbocycles. The van der Waals surface area contributed by atoms with Gasteiger partial charge in [0.1, 0.15) is 11.5 Å². The highest BCUT2D eigenvalue weighted by atomic mass is 16.5. The van der Waals surface area contributed by atoms with Crippen LogP contribution in [0.1, 0.15) is 94.6 Å². The molecule has 204 valence electrons. The number of nitrogens with zero attached hydrogens (tertiary/aromatic N) is 2. The molecule has 2 heterocycles. The second-order valence-corrected chi connectivity index (χ2v) is 10.8. The number of rotatable bonds is 10. The third-order valence-corrected chi connectivity index (χ3v) is 7.97. The number of aromatic nitrogens is 1. The number of oxazole rings is 1. The molecule has 0 radical (unpaired) electrons. The van der Waals surface area contributed by atoms with Gasteiger partial charge in [0.2, 0.25) is 5.89 Å². The van der Waals surface area contributed by atoms with Gasteiger partial charge in [-0.3, -0.25) is 19.3 Å². The lowest BCUT2D eigenvalue weighted by Crippen LogP contribution is -2.29. The molecule has 1 aliphatic heterocycles. The lowest BCUT2D eigenvalue weighted by molar-refractivity contribution is -0.136. The molecular weight excluding hydrogens is 496 g/mol. The number of aliphatic carboxylic acids is 1. The van der Waals surface area contributed by atoms with Crippen molar-refractivity contribution in [2.45, 2.75) is 77.2 Å². The summed E-state index contributed by atoms with van der Waals surface area (Å²) >= 11 is 0. The summed E-state index contributed by atoms with van der Waals surface area (Å²) in [5.74, 6) is 0.606. The van der Waals surface area contributed by atoms with Crippen LogP contribution in [-0.2, 0) is 29.6 Å². The number of aryl methyl sites for hydroxylation is 2. The molecule has 2 aliphatic rings. The largest absolute Gasteiger partial charge is 0.493 e. The summed E-state index contributed by atoms with van der Waals surface area (Å²) in [6, 6.07) is 12.2. The number of hydrogen-bond donors (Lipinski definition) is 1. The number of carbonyl (C=O) groups is 3. The number of carbonyl (C=O) groups excluding carboxylic acids is 2. The number of hydrogen-bond acceptors (Lipinski definition) is 6. The molecule has 1 aromatic heterocycles. The van der Waals surface area contributed by atoms with E-state index in [-0.39, 0.29) is 36.6 Å². The van der Waals surface area contributed by atoms with Crippen molar-refractivity contribution in [3.8, 4) is 5.75 Å². The van der Waals surface area contributed by atoms with E-state index >= 15 is 0 Å². The van der Waals surface area contributed by atoms with Crippen molar-refractivity contribution in [1.29, 1.82) is 0 Å². The highest BCUT2D eigenvalue weighted by molar-refractivity contribution is 6.21. The van der Waals surface area contributed by atoms with E-state index in [1.54, 1.807) is 36.4 Å². The number of imide groups is 1. The van der Waals surface area contributed by atoms with Crippen LogP contribution in [0.2, 0.25) is 0 Å². The fourth-order valence-electron chi connectivity index (χ4n) is 5.61. The van der Waals surface area contributed by atoms with Crippen molar-refractivity contribution in [3.63, 3.8) is 0 Å². The van der Waals surface area contributed by atoms with E-state index in [9.17, 15) is 19.5 Å². The van der Waals surface area contributed by atoms with Gasteiger partial charge in [-0.05, 0) is 61.6 Å². The number of carboxylic acid groups (broad SMARTS) is 1. The molecule has 0 saturated heterocycles. The molecule has 1 N–H and O–H groups in total. The Bertz CT molecular complexity index is 1370. The van der Waals surface area contributed by atoms with Crippen molar-refractivity contribution in [2.75, 3.05) is 6.61 Å². The first-order chi connectivity index (χ1) is 18.7. The molecule has 3 aromatic rings. The average Bonchev–Trinajstić information content (AvgIpc) is 3.42. The maximum Gasteiger partial charge on any atom is 0.303 e. The summed E-state index contributed by atoms with van der Waals surface area (Å²) in [6.07, 6.45) is 6.65. The Hall–Kier alpha value is -3.94. The molecular formula is C31H34N2O6. The first-order valence-corrected chi connectivity index (χ1v) is 13.6. The average molecular weight is 531 g/mol. The maximum absolute atomic E-state index is 12.9. The zero-order valence-electron chi connectivity index (χ0n) is 22.5. The van der Waals surface area contributed by atoms with Gasteiger partial charge in [0.25, 0.3) is 11.8 Å². The first kappa shape index (κ1) is 26.7. The molecule has 2 amide bonds. The van der Waals surface area contributed by atoms with Crippen molar-refractivity contribution in [2.24, 2.45) is 0 Å². The summed E-state index contributed by atoms with van der Waals surface area (Å²) in [5, 5.41) is 9.20. The number of amides is 2. The minimum Gasteiger partial charge on any atom is -0.493 e. The van der Waals surface area contributed by atoms with Crippen LogP contribution < -0.4 is 4.74 Å². The quantitative estimate of drug-likeness (QED) is 0.338. The first-order valence-electron chi connectivity index (χ1n) is 13.6. The molecule has 0 unspecified atom stereocenters. The highest BCUT2D eigenvalue weighted by Gasteiger charge is 2.36. The summed E-state index contributed by atoms with van der Waals surface area (Å²) in [7, 11) is 0. The third-order valence-electron chi connectivity index (χ3n) is 7.97. The Morgan fingerprint density at radius 2 is 1.72 bits per heavy atom. The van der Waals surface area contributed by atoms with E-state index < -0.39 is 5.97 Å². The lowest BCUT2D eigenvalue weighted by Gasteiger charge is -2.30. The Balaban J connectivity index is 1.29. The van der Waals surface area contributed by atoms with Gasteiger partial charge in [-0.15, -0.1) is 0 Å². The van der Waals surface area contributed by atoms with Gasteiger partial charge in [-0.1, -0.05) is 44.4 Å². The van der Waals surface area contributed by atoms with Crippen LogP contribution in [0.3, 0.4) is 0 Å². The molecule has 0 bridgehead atoms. The van der Waals surface area contributed by atoms with Crippen LogP contribution in [-0.4, -0.2) is 39.4 Å². The smallest absolute Gasteiger partial charge is 0.303 e. The van der Waals surface area contributed by atoms with Gasteiger partial charge in [-0.2, -0.15) is 0 Å². The van der Waals surface area contributed by atoms with Gasteiger partial charge < -0.3 is 14.3 Å². The minimum absolute atomic E-state index is 0.00704. The molecule has 8 nitrogen and oxygen atoms in total. The second kappa shape index (κ2) is 11.0. The van der Waals surface area contributed by atoms with Gasteiger partial charge in [-0.25, -0.2) is 4.98 Å². The fraction of sp³-hybridized carbons (Fsp3) is 0.419. The molecule has 5 rings (SSSR count). The zero-order valence-corrected chi connectivity index (χ0v) is 22.5. The number of benzene rings is 2. The van der Waals surface area contributed by atoms with Gasteiger partial charge in [0, 0.05) is 18.3 Å². The summed E-state index contributed by atoms with van der Waals surface area (Å²) in [5.41, 5.74) is 3.10. The van der Waals surface area contributed by atoms with Gasteiger partial charge in [0.15, 0.2) is 0 Å². The van der Waals surface area contributed by atoms with E-state index in [1.165, 1.54) is 24.2 Å². The van der Waals surface area contributed by atoms with E-state index in [4.69, 9.17) is 14.1 Å². The Morgan fingerprint density at radius 3 is 2.38 bits per heavy atom. The molecule has 1 fully saturated rings. The zero-order chi connectivity index (χ0) is 27.6. The molecule has 39 heavy (non-hydrogen) atoms. The Kier molecular flexibility index (Phi) is 7.55. The van der Waals surface area contributed by atoms with E-state index in [0.717, 1.165) is 35.7 Å². The van der Waals surface area contributed by atoms with Crippen LogP contribution in [0, 0.1) is 6.92 Å². The van der Waals surface area contributed by atoms with Crippen molar-refractivity contribution in [1.82, 2.24) is 9.88 Å². The number of ether oxygens (including phenoxy) is 1. The molecule has 0 atom stereocenters. The third kappa shape index (κ3) is 5.60. The Morgan fingerprint density at radius 1 is 1.03 bits per heavy atom. The number of fused-ring (bicyclic) bond motifs is 1. The van der Waals surface area contributed by atoms with E-state index in [1.807, 2.05) is 13.0 Å². The van der Waals surface area contributed by atoms with Crippen LogP contribution >= 0.6 is 0 Å². The molecule has 0 spiro atoms. The van der Waals surface area contributed by atoms with Crippen LogP contribution in [0.5, 0.6) is 5.75 Å². The van der Waals surface area contributed by atoms with Crippen LogP contribution in [0.4, 0.5) is 0 Å². The van der Waals surface area contributed by atoms with Crippen LogP contribution in [0.25, 0.3) is 0 Å². The highest BCUT2D eigenvalue weighted by Crippen LogP contribution is 2.39. The SMILES string of the molecule is Cc1oc(C2(C)CCCCC2)nc1CCOc1ccc(CCC(=O)O)c(CN2C(=O)c3ccccc3C2=O)c1. The van der Waals surface area contributed by atoms with E-state index in [2.05, 4.69) is 6.92 Å². The standard InChI is InChI=1S/C31H34N2O6/c1-20-26(32-30(39-20)31(2)15-6-3-7-16-31)14-17-38-23-12-10-21(11-13-27(34)35)22(18-23)19-33-28(36)24-8-4-5-9-25(24)29(33)37/h4-5,8-10,12,18H,3,6-7,11,13-17,19H2,1-2H3,(H,34,35). The normalized spacial score (nSPS) is 16.4. The van der Waals surface area contributed by atoms with Gasteiger partial charge in [0.05, 0.1) is 30.0 Å². The van der Waals surface area contributed by atoms with Crippen LogP contribution in [0.15, 0.2) is 46.9 Å². The lowest BCUT2D eigenvalue weighted by atomic mass is 9.76. The predicted octanol–water partition coefficient (Wildman–Crippen LogP) is 5.64. The maximum atomic E-state index is 12.9. The van der Waals surface area contributed by atoms with Crippen molar-refractivity contribution in [3.05, 3.63) is 82.1 Å². The van der Waals surface area contributed by atoms with Crippen molar-refractivity contribution >= 4 is 17.8 Å². The summed E-state index contributed by atoms with van der Waals surface area (Å²) < 4.78 is 12.1. The monoisotopic (exact) mass is 530 g/mol. The van der Waals surface area contributed by atoms with E-state index in [0.29, 0.717) is 35.5 Å². The molecule has 1 aliphatic carbocycles. The molecule has 8 heteroatoms. The fourth-order valence-corrected chi connectivity index (χ4v) is 5.61. The summed E-state index contributed by atoms with van der Waals surface area (Å²) in [6.45, 7) is 4.60. The predicted molar refractivity (Wildman–Crippen MR) is 144 cm³/mol. The Labute approximate surface area is 228 Å². The number of carboxylic acids is 1. The second-order valence-electron chi connectivity index (χ2n) is 10.8.